The van der Waals surface area contributed by atoms with Gasteiger partial charge in [0.05, 0.1) is 5.69 Å². The van der Waals surface area contributed by atoms with E-state index in [0.29, 0.717) is 5.75 Å². The first kappa shape index (κ1) is 16.5. The summed E-state index contributed by atoms with van der Waals surface area (Å²) < 4.78 is 63.5. The maximum Gasteiger partial charge on any atom is 0.249 e. The average molecular weight is 354 g/mol. The molecule has 1 aromatic rings. The van der Waals surface area contributed by atoms with E-state index in [9.17, 15) is 21.2 Å². The van der Waals surface area contributed by atoms with E-state index >= 15 is 0 Å². The summed E-state index contributed by atoms with van der Waals surface area (Å²) in [5.41, 5.74) is 5.33. The summed E-state index contributed by atoms with van der Waals surface area (Å²) >= 11 is 1.34. The van der Waals surface area contributed by atoms with Gasteiger partial charge in [0.1, 0.15) is 16.1 Å². The van der Waals surface area contributed by atoms with Crippen LogP contribution >= 0.6 is 11.8 Å². The Labute approximate surface area is 127 Å². The summed E-state index contributed by atoms with van der Waals surface area (Å²) in [6, 6.07) is 3.55. The van der Waals surface area contributed by atoms with Crippen LogP contribution in [0.25, 0.3) is 0 Å². The Morgan fingerprint density at radius 3 is 2.57 bits per heavy atom. The van der Waals surface area contributed by atoms with Crippen molar-refractivity contribution in [1.82, 2.24) is 4.31 Å². The van der Waals surface area contributed by atoms with Gasteiger partial charge in [-0.3, -0.25) is 0 Å². The predicted molar refractivity (Wildman–Crippen MR) is 80.7 cm³/mol. The lowest BCUT2D eigenvalue weighted by atomic mass is 10.3. The second kappa shape index (κ2) is 5.75. The highest BCUT2D eigenvalue weighted by atomic mass is 32.2. The van der Waals surface area contributed by atoms with Crippen LogP contribution in [0.15, 0.2) is 23.1 Å². The lowest BCUT2D eigenvalue weighted by Gasteiger charge is -2.33. The van der Waals surface area contributed by atoms with Crippen LogP contribution in [0.4, 0.5) is 10.1 Å². The molecule has 0 aliphatic carbocycles. The first-order valence-electron chi connectivity index (χ1n) is 5.98. The number of hydrogen-bond acceptors (Lipinski definition) is 6. The molecule has 2 N–H and O–H groups in total. The molecule has 10 heteroatoms. The predicted octanol–water partition coefficient (Wildman–Crippen LogP) is 0.516. The number of nitrogens with two attached hydrogens (primary N) is 1. The summed E-state index contributed by atoms with van der Waals surface area (Å²) in [5.74, 6) is -0.424. The molecule has 1 saturated heterocycles. The van der Waals surface area contributed by atoms with Gasteiger partial charge in [-0.25, -0.2) is 21.2 Å². The molecule has 0 aromatic heterocycles. The fraction of sp³-hybridized carbons (Fsp3) is 0.455. The fourth-order valence-electron chi connectivity index (χ4n) is 2.09. The lowest BCUT2D eigenvalue weighted by Crippen LogP contribution is -2.50. The Morgan fingerprint density at radius 2 is 2.00 bits per heavy atom. The van der Waals surface area contributed by atoms with Crippen molar-refractivity contribution in [3.8, 4) is 0 Å². The van der Waals surface area contributed by atoms with E-state index in [0.717, 1.165) is 16.6 Å². The Morgan fingerprint density at radius 1 is 1.33 bits per heavy atom. The van der Waals surface area contributed by atoms with Crippen LogP contribution in [-0.4, -0.2) is 50.8 Å². The van der Waals surface area contributed by atoms with Crippen LogP contribution in [-0.2, 0) is 19.9 Å². The van der Waals surface area contributed by atoms with Gasteiger partial charge < -0.3 is 5.73 Å². The number of anilines is 1. The molecule has 1 unspecified atom stereocenters. The third-order valence-electron chi connectivity index (χ3n) is 3.10. The molecule has 0 amide bonds. The summed E-state index contributed by atoms with van der Waals surface area (Å²) in [5, 5.41) is -1.21. The quantitative estimate of drug-likeness (QED) is 0.795. The highest BCUT2D eigenvalue weighted by Gasteiger charge is 2.41. The summed E-state index contributed by atoms with van der Waals surface area (Å²) in [7, 11) is -7.94. The Hall–Kier alpha value is -0.840. The van der Waals surface area contributed by atoms with Gasteiger partial charge in [0.15, 0.2) is 9.84 Å². The number of benzene rings is 1. The topological polar surface area (TPSA) is 97.5 Å². The molecule has 1 aliphatic rings. The first-order chi connectivity index (χ1) is 9.65. The van der Waals surface area contributed by atoms with Crippen molar-refractivity contribution in [2.45, 2.75) is 10.3 Å². The Kier molecular flexibility index (Phi) is 4.52. The molecule has 0 saturated carbocycles. The van der Waals surface area contributed by atoms with Crippen LogP contribution in [0, 0.1) is 5.82 Å². The Balaban J connectivity index is 2.57. The number of halogens is 1. The standard InChI is InChI=1S/C11H15FN2O4S3/c1-20(15,16)10-7-19-6-5-14(10)21(17,18)11-8(12)3-2-4-9(11)13/h2-4,10H,5-7,13H2,1H3. The zero-order valence-electron chi connectivity index (χ0n) is 11.2. The molecular weight excluding hydrogens is 339 g/mol. The van der Waals surface area contributed by atoms with Crippen molar-refractivity contribution >= 4 is 37.3 Å². The van der Waals surface area contributed by atoms with Crippen LogP contribution in [0.2, 0.25) is 0 Å². The summed E-state index contributed by atoms with van der Waals surface area (Å²) in [6.45, 7) is -0.00148. The Bertz CT molecular complexity index is 728. The monoisotopic (exact) mass is 354 g/mol. The molecule has 1 heterocycles. The molecular formula is C11H15FN2O4S3. The third-order valence-corrected chi connectivity index (χ3v) is 7.87. The fourth-order valence-corrected chi connectivity index (χ4v) is 7.43. The molecule has 0 radical (unpaired) electrons. The third kappa shape index (κ3) is 3.17. The number of sulfone groups is 1. The van der Waals surface area contributed by atoms with Crippen molar-refractivity contribution in [3.63, 3.8) is 0 Å². The maximum absolute atomic E-state index is 13.9. The number of thioether (sulfide) groups is 1. The largest absolute Gasteiger partial charge is 0.398 e. The molecule has 1 aliphatic heterocycles. The van der Waals surface area contributed by atoms with Gasteiger partial charge in [-0.1, -0.05) is 6.07 Å². The van der Waals surface area contributed by atoms with Gasteiger partial charge in [-0.05, 0) is 12.1 Å². The van der Waals surface area contributed by atoms with Crippen molar-refractivity contribution < 1.29 is 21.2 Å². The van der Waals surface area contributed by atoms with E-state index in [1.54, 1.807) is 0 Å². The number of nitrogen functional groups attached to an aromatic ring is 1. The molecule has 1 aromatic carbocycles. The second-order valence-electron chi connectivity index (χ2n) is 4.63. The molecule has 1 fully saturated rings. The number of rotatable bonds is 3. The smallest absolute Gasteiger partial charge is 0.249 e. The highest BCUT2D eigenvalue weighted by Crippen LogP contribution is 2.31. The van der Waals surface area contributed by atoms with Gasteiger partial charge in [0.25, 0.3) is 0 Å². The van der Waals surface area contributed by atoms with Crippen molar-refractivity contribution in [1.29, 1.82) is 0 Å². The van der Waals surface area contributed by atoms with E-state index in [1.807, 2.05) is 0 Å². The van der Waals surface area contributed by atoms with Crippen molar-refractivity contribution in [3.05, 3.63) is 24.0 Å². The van der Waals surface area contributed by atoms with Gasteiger partial charge in [-0.2, -0.15) is 16.1 Å². The van der Waals surface area contributed by atoms with Gasteiger partial charge >= 0.3 is 0 Å². The molecule has 0 bridgehead atoms. The highest BCUT2D eigenvalue weighted by molar-refractivity contribution is 8.01. The lowest BCUT2D eigenvalue weighted by molar-refractivity contribution is 0.402. The molecule has 118 valence electrons. The SMILES string of the molecule is CS(=O)(=O)C1CSCCN1S(=O)(=O)c1c(N)cccc1F. The van der Waals surface area contributed by atoms with E-state index in [4.69, 9.17) is 5.73 Å². The van der Waals surface area contributed by atoms with E-state index < -0.39 is 35.9 Å². The van der Waals surface area contributed by atoms with Crippen molar-refractivity contribution in [2.24, 2.45) is 0 Å². The van der Waals surface area contributed by atoms with Crippen molar-refractivity contribution in [2.75, 3.05) is 30.0 Å². The average Bonchev–Trinajstić information content (AvgIpc) is 2.37. The number of nitrogens with zero attached hydrogens (tertiary/aromatic N) is 1. The minimum atomic E-state index is -4.31. The second-order valence-corrected chi connectivity index (χ2v) is 9.81. The maximum atomic E-state index is 13.9. The van der Waals surface area contributed by atoms with E-state index in [-0.39, 0.29) is 18.0 Å². The molecule has 2 rings (SSSR count). The minimum Gasteiger partial charge on any atom is -0.398 e. The molecule has 21 heavy (non-hydrogen) atoms. The molecule has 1 atom stereocenters. The van der Waals surface area contributed by atoms with Crippen LogP contribution in [0.3, 0.4) is 0 Å². The van der Waals surface area contributed by atoms with E-state index in [1.165, 1.54) is 23.9 Å². The zero-order valence-corrected chi connectivity index (χ0v) is 13.6. The minimum absolute atomic E-state index is 0.00148. The molecule has 6 nitrogen and oxygen atoms in total. The summed E-state index contributed by atoms with van der Waals surface area (Å²) in [4.78, 5) is -0.662. The number of sulfonamides is 1. The van der Waals surface area contributed by atoms with Gasteiger partial charge in [0.2, 0.25) is 10.0 Å². The van der Waals surface area contributed by atoms with E-state index in [2.05, 4.69) is 0 Å². The zero-order chi connectivity index (χ0) is 15.8. The first-order valence-corrected chi connectivity index (χ1v) is 10.5. The normalized spacial score (nSPS) is 21.3. The van der Waals surface area contributed by atoms with Crippen LogP contribution in [0.5, 0.6) is 0 Å². The molecule has 0 spiro atoms. The van der Waals surface area contributed by atoms with Crippen LogP contribution in [0.1, 0.15) is 0 Å². The van der Waals surface area contributed by atoms with Gasteiger partial charge in [-0.15, -0.1) is 0 Å². The van der Waals surface area contributed by atoms with Gasteiger partial charge in [0, 0.05) is 24.3 Å². The van der Waals surface area contributed by atoms with Crippen LogP contribution < -0.4 is 5.73 Å². The number of hydrogen-bond donors (Lipinski definition) is 1. The summed E-state index contributed by atoms with van der Waals surface area (Å²) in [6.07, 6.45) is 0.969.